The first-order valence-electron chi connectivity index (χ1n) is 9.60. The zero-order chi connectivity index (χ0) is 23.2. The molecule has 174 valence electrons. The maximum atomic E-state index is 12.8. The molecule has 0 fully saturated rings. The highest BCUT2D eigenvalue weighted by Crippen LogP contribution is 2.30. The molecule has 0 bridgehead atoms. The van der Waals surface area contributed by atoms with Crippen molar-refractivity contribution in [2.75, 3.05) is 55.6 Å². The molecule has 0 saturated heterocycles. The number of rotatable bonds is 15. The van der Waals surface area contributed by atoms with E-state index in [0.717, 1.165) is 5.56 Å². The van der Waals surface area contributed by atoms with Gasteiger partial charge in [-0.1, -0.05) is 12.1 Å². The Balaban J connectivity index is 2.22. The van der Waals surface area contributed by atoms with Crippen LogP contribution in [0.5, 0.6) is 23.0 Å². The van der Waals surface area contributed by atoms with E-state index >= 15 is 0 Å². The summed E-state index contributed by atoms with van der Waals surface area (Å²) in [6.45, 7) is 0.188. The van der Waals surface area contributed by atoms with Crippen LogP contribution in [0.4, 0.5) is 0 Å². The standard InChI is InChI=1S/C23H28O9/c1-25-13-29-18-7-8-19(22(12-18)31-15-27-3)20(24)9-5-17-6-10-21(30-14-26-2)23(11-17)32-16-28-4/h5-12H,13-16H2,1-4H3. The molecule has 2 aromatic rings. The van der Waals surface area contributed by atoms with E-state index in [9.17, 15) is 4.79 Å². The van der Waals surface area contributed by atoms with E-state index in [2.05, 4.69) is 0 Å². The average Bonchev–Trinajstić information content (AvgIpc) is 2.82. The van der Waals surface area contributed by atoms with Gasteiger partial charge in [0.25, 0.3) is 0 Å². The molecule has 2 rings (SSSR count). The maximum absolute atomic E-state index is 12.8. The van der Waals surface area contributed by atoms with Crippen molar-refractivity contribution in [1.29, 1.82) is 0 Å². The maximum Gasteiger partial charge on any atom is 0.189 e. The monoisotopic (exact) mass is 448 g/mol. The number of ketones is 1. The van der Waals surface area contributed by atoms with Crippen molar-refractivity contribution in [3.05, 3.63) is 53.6 Å². The van der Waals surface area contributed by atoms with Crippen molar-refractivity contribution in [3.63, 3.8) is 0 Å². The number of carbonyl (C=O) groups excluding carboxylic acids is 1. The number of benzene rings is 2. The lowest BCUT2D eigenvalue weighted by atomic mass is 10.1. The van der Waals surface area contributed by atoms with Gasteiger partial charge in [-0.25, -0.2) is 0 Å². The highest BCUT2D eigenvalue weighted by Gasteiger charge is 2.13. The van der Waals surface area contributed by atoms with Crippen LogP contribution in [0.3, 0.4) is 0 Å². The predicted molar refractivity (Wildman–Crippen MR) is 116 cm³/mol. The molecule has 0 radical (unpaired) electrons. The fourth-order valence-corrected chi connectivity index (χ4v) is 2.53. The zero-order valence-electron chi connectivity index (χ0n) is 18.6. The lowest BCUT2D eigenvalue weighted by molar-refractivity contribution is 0.0322. The van der Waals surface area contributed by atoms with Crippen molar-refractivity contribution < 1.29 is 42.7 Å². The summed E-state index contributed by atoms with van der Waals surface area (Å²) in [6.07, 6.45) is 3.10. The average molecular weight is 448 g/mol. The molecule has 0 atom stereocenters. The van der Waals surface area contributed by atoms with Crippen LogP contribution >= 0.6 is 0 Å². The smallest absolute Gasteiger partial charge is 0.189 e. The Labute approximate surface area is 187 Å². The number of carbonyl (C=O) groups is 1. The van der Waals surface area contributed by atoms with Crippen LogP contribution in [0.25, 0.3) is 6.08 Å². The highest BCUT2D eigenvalue weighted by atomic mass is 16.7. The summed E-state index contributed by atoms with van der Waals surface area (Å²) in [5, 5.41) is 0. The lowest BCUT2D eigenvalue weighted by Crippen LogP contribution is -2.06. The van der Waals surface area contributed by atoms with E-state index < -0.39 is 0 Å². The van der Waals surface area contributed by atoms with Gasteiger partial charge in [0.2, 0.25) is 0 Å². The summed E-state index contributed by atoms with van der Waals surface area (Å²) in [5.74, 6) is 1.54. The Morgan fingerprint density at radius 1 is 0.688 bits per heavy atom. The second-order valence-corrected chi connectivity index (χ2v) is 6.27. The van der Waals surface area contributed by atoms with Gasteiger partial charge in [0.15, 0.2) is 44.5 Å². The number of allylic oxidation sites excluding steroid dienone is 1. The van der Waals surface area contributed by atoms with Crippen LogP contribution in [0, 0.1) is 0 Å². The van der Waals surface area contributed by atoms with Crippen LogP contribution in [0.2, 0.25) is 0 Å². The number of ether oxygens (including phenoxy) is 8. The molecule has 0 aromatic heterocycles. The third-order valence-electron chi connectivity index (χ3n) is 3.95. The van der Waals surface area contributed by atoms with Crippen LogP contribution in [-0.2, 0) is 18.9 Å². The fraction of sp³-hybridized carbons (Fsp3) is 0.348. The van der Waals surface area contributed by atoms with Gasteiger partial charge < -0.3 is 37.9 Å². The second kappa shape index (κ2) is 14.0. The first kappa shape index (κ1) is 25.2. The quantitative estimate of drug-likeness (QED) is 0.231. The summed E-state index contributed by atoms with van der Waals surface area (Å²) in [6, 6.07) is 10.1. The molecule has 0 unspecified atom stereocenters. The summed E-state index contributed by atoms with van der Waals surface area (Å²) >= 11 is 0. The first-order chi connectivity index (χ1) is 15.6. The van der Waals surface area contributed by atoms with Crippen molar-refractivity contribution in [1.82, 2.24) is 0 Å². The SMILES string of the molecule is COCOc1ccc(C(=O)C=Cc2ccc(OCOC)c(OCOC)c2)c(OCOC)c1. The van der Waals surface area contributed by atoms with Crippen LogP contribution in [-0.4, -0.2) is 61.4 Å². The Morgan fingerprint density at radius 2 is 1.28 bits per heavy atom. The number of hydrogen-bond acceptors (Lipinski definition) is 9. The fourth-order valence-electron chi connectivity index (χ4n) is 2.53. The van der Waals surface area contributed by atoms with Gasteiger partial charge in [0, 0.05) is 34.5 Å². The van der Waals surface area contributed by atoms with Gasteiger partial charge in [0.05, 0.1) is 5.56 Å². The van der Waals surface area contributed by atoms with E-state index in [-0.39, 0.29) is 33.0 Å². The first-order valence-corrected chi connectivity index (χ1v) is 9.60. The molecule has 0 amide bonds. The molecule has 9 nitrogen and oxygen atoms in total. The van der Waals surface area contributed by atoms with E-state index in [1.165, 1.54) is 34.5 Å². The molecular weight excluding hydrogens is 420 g/mol. The summed E-state index contributed by atoms with van der Waals surface area (Å²) in [4.78, 5) is 12.8. The normalized spacial score (nSPS) is 10.9. The van der Waals surface area contributed by atoms with Gasteiger partial charge in [-0.3, -0.25) is 4.79 Å². The Bertz CT molecular complexity index is 880. The number of methoxy groups -OCH3 is 4. The zero-order valence-corrected chi connectivity index (χ0v) is 18.6. The summed E-state index contributed by atoms with van der Waals surface area (Å²) in [7, 11) is 6.06. The van der Waals surface area contributed by atoms with Crippen molar-refractivity contribution in [2.45, 2.75) is 0 Å². The van der Waals surface area contributed by atoms with E-state index in [0.29, 0.717) is 28.6 Å². The third-order valence-corrected chi connectivity index (χ3v) is 3.95. The van der Waals surface area contributed by atoms with Crippen LogP contribution in [0.1, 0.15) is 15.9 Å². The minimum absolute atomic E-state index is 0.0130. The van der Waals surface area contributed by atoms with E-state index in [4.69, 9.17) is 37.9 Å². The Morgan fingerprint density at radius 3 is 1.94 bits per heavy atom. The Hall–Kier alpha value is -3.11. The minimum atomic E-state index is -0.256. The molecule has 0 aliphatic rings. The summed E-state index contributed by atoms with van der Waals surface area (Å²) < 4.78 is 41.7. The molecule has 0 spiro atoms. The molecule has 2 aromatic carbocycles. The molecular formula is C23H28O9. The number of hydrogen-bond donors (Lipinski definition) is 0. The highest BCUT2D eigenvalue weighted by molar-refractivity contribution is 6.08. The van der Waals surface area contributed by atoms with Crippen LogP contribution in [0.15, 0.2) is 42.5 Å². The van der Waals surface area contributed by atoms with Gasteiger partial charge >= 0.3 is 0 Å². The van der Waals surface area contributed by atoms with Gasteiger partial charge in [-0.15, -0.1) is 0 Å². The van der Waals surface area contributed by atoms with Gasteiger partial charge in [0.1, 0.15) is 11.5 Å². The predicted octanol–water partition coefficient (Wildman–Crippen LogP) is 3.51. The van der Waals surface area contributed by atoms with E-state index in [1.807, 2.05) is 0 Å². The largest absolute Gasteiger partial charge is 0.467 e. The van der Waals surface area contributed by atoms with Gasteiger partial charge in [-0.05, 0) is 35.9 Å². The topological polar surface area (TPSA) is 90.9 Å². The second-order valence-electron chi connectivity index (χ2n) is 6.27. The molecule has 9 heteroatoms. The molecule has 0 heterocycles. The third kappa shape index (κ3) is 7.86. The molecule has 0 N–H and O–H groups in total. The summed E-state index contributed by atoms with van der Waals surface area (Å²) in [5.41, 5.74) is 1.09. The lowest BCUT2D eigenvalue weighted by Gasteiger charge is -2.12. The van der Waals surface area contributed by atoms with Gasteiger partial charge in [-0.2, -0.15) is 0 Å². The minimum Gasteiger partial charge on any atom is -0.467 e. The van der Waals surface area contributed by atoms with Crippen molar-refractivity contribution >= 4 is 11.9 Å². The van der Waals surface area contributed by atoms with Crippen molar-refractivity contribution in [3.8, 4) is 23.0 Å². The van der Waals surface area contributed by atoms with E-state index in [1.54, 1.807) is 42.5 Å². The van der Waals surface area contributed by atoms with Crippen molar-refractivity contribution in [2.24, 2.45) is 0 Å². The Kier molecular flexibility index (Phi) is 11.0. The molecule has 0 saturated carbocycles. The molecule has 0 aliphatic carbocycles. The van der Waals surface area contributed by atoms with Crippen LogP contribution < -0.4 is 18.9 Å². The molecule has 32 heavy (non-hydrogen) atoms. The molecule has 0 aliphatic heterocycles.